The van der Waals surface area contributed by atoms with Gasteiger partial charge in [-0.05, 0) is 65.5 Å². The largest absolute Gasteiger partial charge is 0.367 e. The highest BCUT2D eigenvalue weighted by molar-refractivity contribution is 9.10. The number of halogens is 1. The molecule has 2 amide bonds. The van der Waals surface area contributed by atoms with E-state index in [0.717, 1.165) is 29.5 Å². The minimum atomic E-state index is -0.169. The molecule has 1 heterocycles. The van der Waals surface area contributed by atoms with E-state index in [1.54, 1.807) is 0 Å². The first-order valence-corrected chi connectivity index (χ1v) is 9.05. The molecule has 2 aromatic carbocycles. The summed E-state index contributed by atoms with van der Waals surface area (Å²) < 4.78 is 0.877. The average Bonchev–Trinajstić information content (AvgIpc) is 3.04. The van der Waals surface area contributed by atoms with E-state index in [0.29, 0.717) is 12.6 Å². The third kappa shape index (κ3) is 4.09. The number of hydrogen-bond donors (Lipinski definition) is 2. The van der Waals surface area contributed by atoms with E-state index in [1.807, 2.05) is 24.3 Å². The van der Waals surface area contributed by atoms with Crippen molar-refractivity contribution in [3.05, 3.63) is 58.6 Å². The second-order valence-corrected chi connectivity index (χ2v) is 7.00. The van der Waals surface area contributed by atoms with Crippen LogP contribution in [0.3, 0.4) is 0 Å². The van der Waals surface area contributed by atoms with E-state index in [-0.39, 0.29) is 6.03 Å². The van der Waals surface area contributed by atoms with Gasteiger partial charge in [-0.3, -0.25) is 0 Å². The fourth-order valence-electron chi connectivity index (χ4n) is 3.13. The summed E-state index contributed by atoms with van der Waals surface area (Å²) in [4.78, 5) is 14.6. The molecule has 5 heteroatoms. The predicted octanol–water partition coefficient (Wildman–Crippen LogP) is 4.55. The van der Waals surface area contributed by atoms with Crippen LogP contribution in [0.4, 0.5) is 16.2 Å². The van der Waals surface area contributed by atoms with Crippen LogP contribution >= 0.6 is 15.9 Å². The number of aryl methyl sites for hydroxylation is 1. The Hall–Kier alpha value is -2.01. The molecule has 24 heavy (non-hydrogen) atoms. The van der Waals surface area contributed by atoms with Crippen molar-refractivity contribution in [3.63, 3.8) is 0 Å². The van der Waals surface area contributed by atoms with Crippen molar-refractivity contribution < 1.29 is 4.79 Å². The highest BCUT2D eigenvalue weighted by Gasteiger charge is 2.25. The SMILES string of the molecule is Cc1cccc(N2CCC[C@H]2CNC(=O)Nc2ccccc2Br)c1. The van der Waals surface area contributed by atoms with Crippen molar-refractivity contribution >= 4 is 33.3 Å². The summed E-state index contributed by atoms with van der Waals surface area (Å²) in [5.41, 5.74) is 3.28. The van der Waals surface area contributed by atoms with Crippen LogP contribution in [0, 0.1) is 6.92 Å². The summed E-state index contributed by atoms with van der Waals surface area (Å²) >= 11 is 3.44. The van der Waals surface area contributed by atoms with Gasteiger partial charge < -0.3 is 15.5 Å². The Labute approximate surface area is 151 Å². The normalized spacial score (nSPS) is 16.9. The second kappa shape index (κ2) is 7.71. The van der Waals surface area contributed by atoms with Gasteiger partial charge in [0.15, 0.2) is 0 Å². The van der Waals surface area contributed by atoms with Gasteiger partial charge >= 0.3 is 6.03 Å². The van der Waals surface area contributed by atoms with Crippen LogP contribution in [0.2, 0.25) is 0 Å². The maximum atomic E-state index is 12.2. The minimum Gasteiger partial charge on any atom is -0.367 e. The zero-order valence-electron chi connectivity index (χ0n) is 13.8. The molecule has 1 aliphatic rings. The Morgan fingerprint density at radius 2 is 2.08 bits per heavy atom. The Morgan fingerprint density at radius 3 is 2.88 bits per heavy atom. The van der Waals surface area contributed by atoms with Crippen molar-refractivity contribution in [2.24, 2.45) is 0 Å². The molecule has 1 atom stereocenters. The van der Waals surface area contributed by atoms with Gasteiger partial charge in [0.05, 0.1) is 5.69 Å². The zero-order valence-corrected chi connectivity index (χ0v) is 15.3. The van der Waals surface area contributed by atoms with E-state index in [1.165, 1.54) is 11.3 Å². The summed E-state index contributed by atoms with van der Waals surface area (Å²) in [6, 6.07) is 16.3. The molecule has 0 spiro atoms. The quantitative estimate of drug-likeness (QED) is 0.807. The van der Waals surface area contributed by atoms with E-state index >= 15 is 0 Å². The van der Waals surface area contributed by atoms with Crippen LogP contribution in [0.5, 0.6) is 0 Å². The highest BCUT2D eigenvalue weighted by atomic mass is 79.9. The van der Waals surface area contributed by atoms with Gasteiger partial charge in [-0.15, -0.1) is 0 Å². The number of carbonyl (C=O) groups excluding carboxylic acids is 1. The number of nitrogens with one attached hydrogen (secondary N) is 2. The molecule has 0 unspecified atom stereocenters. The lowest BCUT2D eigenvalue weighted by atomic mass is 10.1. The average molecular weight is 388 g/mol. The number of nitrogens with zero attached hydrogens (tertiary/aromatic N) is 1. The standard InChI is InChI=1S/C19H22BrN3O/c1-14-6-4-7-15(12-14)23-11-5-8-16(23)13-21-19(24)22-18-10-3-2-9-17(18)20/h2-4,6-7,9-10,12,16H,5,8,11,13H2,1H3,(H2,21,22,24)/t16-/m0/s1. The second-order valence-electron chi connectivity index (χ2n) is 6.14. The topological polar surface area (TPSA) is 44.4 Å². The first kappa shape index (κ1) is 16.8. The number of benzene rings is 2. The van der Waals surface area contributed by atoms with Crippen LogP contribution in [0.25, 0.3) is 0 Å². The summed E-state index contributed by atoms with van der Waals surface area (Å²) in [7, 11) is 0. The molecule has 2 N–H and O–H groups in total. The van der Waals surface area contributed by atoms with E-state index in [4.69, 9.17) is 0 Å². The van der Waals surface area contributed by atoms with Crippen molar-refractivity contribution in [3.8, 4) is 0 Å². The van der Waals surface area contributed by atoms with Crippen LogP contribution < -0.4 is 15.5 Å². The number of urea groups is 1. The third-order valence-corrected chi connectivity index (χ3v) is 5.02. The Kier molecular flexibility index (Phi) is 5.41. The summed E-state index contributed by atoms with van der Waals surface area (Å²) in [5, 5.41) is 5.88. The number of para-hydroxylation sites is 1. The third-order valence-electron chi connectivity index (χ3n) is 4.33. The van der Waals surface area contributed by atoms with E-state index in [9.17, 15) is 4.79 Å². The number of hydrogen-bond acceptors (Lipinski definition) is 2. The van der Waals surface area contributed by atoms with Crippen LogP contribution in [-0.2, 0) is 0 Å². The van der Waals surface area contributed by atoms with Gasteiger partial charge in [-0.1, -0.05) is 24.3 Å². The molecule has 2 aromatic rings. The zero-order chi connectivity index (χ0) is 16.9. The lowest BCUT2D eigenvalue weighted by molar-refractivity contribution is 0.251. The van der Waals surface area contributed by atoms with Gasteiger partial charge in [-0.2, -0.15) is 0 Å². The molecule has 3 rings (SSSR count). The Balaban J connectivity index is 1.57. The molecule has 1 saturated heterocycles. The number of anilines is 2. The van der Waals surface area contributed by atoms with E-state index < -0.39 is 0 Å². The minimum absolute atomic E-state index is 0.169. The summed E-state index contributed by atoms with van der Waals surface area (Å²) in [6.07, 6.45) is 2.26. The van der Waals surface area contributed by atoms with E-state index in [2.05, 4.69) is 62.7 Å². The van der Waals surface area contributed by atoms with Gasteiger partial charge in [0.1, 0.15) is 0 Å². The highest BCUT2D eigenvalue weighted by Crippen LogP contribution is 2.26. The summed E-state index contributed by atoms with van der Waals surface area (Å²) in [5.74, 6) is 0. The fraction of sp³-hybridized carbons (Fsp3) is 0.316. The summed E-state index contributed by atoms with van der Waals surface area (Å²) in [6.45, 7) is 3.80. The molecule has 0 aliphatic carbocycles. The molecule has 0 bridgehead atoms. The van der Waals surface area contributed by atoms with Crippen molar-refractivity contribution in [1.82, 2.24) is 5.32 Å². The molecular formula is C19H22BrN3O. The number of rotatable bonds is 4. The maximum absolute atomic E-state index is 12.2. The van der Waals surface area contributed by atoms with Gasteiger partial charge in [-0.25, -0.2) is 4.79 Å². The van der Waals surface area contributed by atoms with Crippen molar-refractivity contribution in [2.75, 3.05) is 23.3 Å². The lowest BCUT2D eigenvalue weighted by Gasteiger charge is -2.27. The molecule has 1 fully saturated rings. The van der Waals surface area contributed by atoms with Crippen molar-refractivity contribution in [2.45, 2.75) is 25.8 Å². The van der Waals surface area contributed by atoms with Crippen LogP contribution in [0.1, 0.15) is 18.4 Å². The van der Waals surface area contributed by atoms with Gasteiger partial charge in [0.25, 0.3) is 0 Å². The van der Waals surface area contributed by atoms with Crippen molar-refractivity contribution in [1.29, 1.82) is 0 Å². The molecule has 0 radical (unpaired) electrons. The molecule has 126 valence electrons. The molecular weight excluding hydrogens is 366 g/mol. The van der Waals surface area contributed by atoms with Gasteiger partial charge in [0, 0.05) is 29.3 Å². The molecule has 4 nitrogen and oxygen atoms in total. The molecule has 0 aromatic heterocycles. The number of amides is 2. The first-order valence-electron chi connectivity index (χ1n) is 8.26. The predicted molar refractivity (Wildman–Crippen MR) is 103 cm³/mol. The fourth-order valence-corrected chi connectivity index (χ4v) is 3.52. The molecule has 1 aliphatic heterocycles. The maximum Gasteiger partial charge on any atom is 0.319 e. The molecule has 0 saturated carbocycles. The van der Waals surface area contributed by atoms with Crippen LogP contribution in [-0.4, -0.2) is 25.2 Å². The number of carbonyl (C=O) groups is 1. The smallest absolute Gasteiger partial charge is 0.319 e. The Morgan fingerprint density at radius 1 is 1.25 bits per heavy atom. The van der Waals surface area contributed by atoms with Gasteiger partial charge in [0.2, 0.25) is 0 Å². The Bertz CT molecular complexity index is 719. The first-order chi connectivity index (χ1) is 11.6. The monoisotopic (exact) mass is 387 g/mol. The van der Waals surface area contributed by atoms with Crippen LogP contribution in [0.15, 0.2) is 53.0 Å². The lowest BCUT2D eigenvalue weighted by Crippen LogP contribution is -2.41.